The molecule has 0 saturated heterocycles. The van der Waals surface area contributed by atoms with E-state index < -0.39 is 0 Å². The number of carbonyl (C=O) groups is 1. The third-order valence-electron chi connectivity index (χ3n) is 4.96. The van der Waals surface area contributed by atoms with Gasteiger partial charge in [-0.25, -0.2) is 0 Å². The molecule has 4 nitrogen and oxygen atoms in total. The van der Waals surface area contributed by atoms with Crippen LogP contribution in [0.15, 0.2) is 24.3 Å². The van der Waals surface area contributed by atoms with Crippen LogP contribution in [0.2, 0.25) is 0 Å². The highest BCUT2D eigenvalue weighted by molar-refractivity contribution is 5.85. The quantitative estimate of drug-likeness (QED) is 0.786. The molecule has 2 rings (SSSR count). The van der Waals surface area contributed by atoms with Crippen molar-refractivity contribution in [1.29, 1.82) is 0 Å². The number of nitrogens with one attached hydrogen (secondary N) is 1. The number of halogens is 1. The maximum atomic E-state index is 12.1. The van der Waals surface area contributed by atoms with Crippen molar-refractivity contribution >= 4 is 18.3 Å². The lowest BCUT2D eigenvalue weighted by atomic mass is 9.69. The van der Waals surface area contributed by atoms with Crippen LogP contribution in [0, 0.1) is 0 Å². The monoisotopic (exact) mass is 354 g/mol. The number of benzene rings is 1. The minimum atomic E-state index is 0. The third kappa shape index (κ3) is 5.67. The second kappa shape index (κ2) is 9.90. The van der Waals surface area contributed by atoms with Gasteiger partial charge < -0.3 is 15.8 Å². The molecule has 1 aliphatic rings. The minimum Gasteiger partial charge on any atom is -0.497 e. The molecule has 1 saturated carbocycles. The van der Waals surface area contributed by atoms with Crippen molar-refractivity contribution in [2.75, 3.05) is 13.7 Å². The molecule has 1 amide bonds. The molecule has 5 heteroatoms. The second-order valence-corrected chi connectivity index (χ2v) is 6.86. The zero-order chi connectivity index (χ0) is 16.7. The SMILES string of the molecule is COc1ccc(C2(CNC(=O)CCC(C)N)CCCCC2)cc1.Cl. The van der Waals surface area contributed by atoms with Crippen LogP contribution in [0.25, 0.3) is 0 Å². The molecule has 24 heavy (non-hydrogen) atoms. The molecule has 0 bridgehead atoms. The Morgan fingerprint density at radius 2 is 1.88 bits per heavy atom. The Kier molecular flexibility index (Phi) is 8.57. The Labute approximate surface area is 151 Å². The lowest BCUT2D eigenvalue weighted by Gasteiger charge is -2.38. The summed E-state index contributed by atoms with van der Waals surface area (Å²) in [5.74, 6) is 0.987. The Balaban J connectivity index is 0.00000288. The molecule has 1 unspecified atom stereocenters. The highest BCUT2D eigenvalue weighted by Crippen LogP contribution is 2.39. The lowest BCUT2D eigenvalue weighted by molar-refractivity contribution is -0.121. The predicted molar refractivity (Wildman–Crippen MR) is 101 cm³/mol. The van der Waals surface area contributed by atoms with Crippen molar-refractivity contribution in [3.8, 4) is 5.75 Å². The van der Waals surface area contributed by atoms with Gasteiger partial charge in [-0.2, -0.15) is 0 Å². The van der Waals surface area contributed by atoms with E-state index in [1.165, 1.54) is 24.8 Å². The van der Waals surface area contributed by atoms with E-state index >= 15 is 0 Å². The first-order valence-corrected chi connectivity index (χ1v) is 8.72. The van der Waals surface area contributed by atoms with Gasteiger partial charge in [-0.05, 0) is 43.9 Å². The average molecular weight is 355 g/mol. The summed E-state index contributed by atoms with van der Waals surface area (Å²) in [6.07, 6.45) is 7.25. The Morgan fingerprint density at radius 1 is 1.25 bits per heavy atom. The molecule has 0 aliphatic heterocycles. The number of ether oxygens (including phenoxy) is 1. The van der Waals surface area contributed by atoms with Crippen LogP contribution in [-0.2, 0) is 10.2 Å². The molecule has 136 valence electrons. The van der Waals surface area contributed by atoms with E-state index in [1.807, 2.05) is 19.1 Å². The summed E-state index contributed by atoms with van der Waals surface area (Å²) >= 11 is 0. The summed E-state index contributed by atoms with van der Waals surface area (Å²) in [5.41, 5.74) is 7.11. The summed E-state index contributed by atoms with van der Waals surface area (Å²) in [6, 6.07) is 8.41. The van der Waals surface area contributed by atoms with Crippen LogP contribution >= 0.6 is 12.4 Å². The van der Waals surface area contributed by atoms with Crippen LogP contribution in [-0.4, -0.2) is 25.6 Å². The Morgan fingerprint density at radius 3 is 2.42 bits per heavy atom. The fourth-order valence-electron chi connectivity index (χ4n) is 3.46. The molecule has 1 aromatic rings. The van der Waals surface area contributed by atoms with Crippen LogP contribution in [0.1, 0.15) is 57.4 Å². The van der Waals surface area contributed by atoms with Crippen molar-refractivity contribution in [3.05, 3.63) is 29.8 Å². The van der Waals surface area contributed by atoms with Gasteiger partial charge in [0.15, 0.2) is 0 Å². The molecule has 0 spiro atoms. The molecule has 0 radical (unpaired) electrons. The largest absolute Gasteiger partial charge is 0.497 e. The van der Waals surface area contributed by atoms with Crippen molar-refractivity contribution in [1.82, 2.24) is 5.32 Å². The van der Waals surface area contributed by atoms with Gasteiger partial charge in [0.2, 0.25) is 5.91 Å². The molecular formula is C19H31ClN2O2. The summed E-state index contributed by atoms with van der Waals surface area (Å²) in [5, 5.41) is 3.15. The zero-order valence-corrected chi connectivity index (χ0v) is 15.7. The van der Waals surface area contributed by atoms with Crippen LogP contribution in [0.3, 0.4) is 0 Å². The molecule has 0 heterocycles. The number of methoxy groups -OCH3 is 1. The molecule has 1 fully saturated rings. The fourth-order valence-corrected chi connectivity index (χ4v) is 3.46. The van der Waals surface area contributed by atoms with E-state index in [-0.39, 0.29) is 29.8 Å². The van der Waals surface area contributed by atoms with Gasteiger partial charge in [-0.1, -0.05) is 31.4 Å². The first kappa shape index (κ1) is 20.8. The Bertz CT molecular complexity index is 497. The van der Waals surface area contributed by atoms with Crippen molar-refractivity contribution in [2.24, 2.45) is 5.73 Å². The zero-order valence-electron chi connectivity index (χ0n) is 14.8. The first-order chi connectivity index (χ1) is 11.1. The summed E-state index contributed by atoms with van der Waals surface area (Å²) in [7, 11) is 1.68. The van der Waals surface area contributed by atoms with Gasteiger partial charge in [0.25, 0.3) is 0 Å². The van der Waals surface area contributed by atoms with Gasteiger partial charge in [-0.3, -0.25) is 4.79 Å². The maximum absolute atomic E-state index is 12.1. The molecular weight excluding hydrogens is 324 g/mol. The van der Waals surface area contributed by atoms with Crippen LogP contribution in [0.5, 0.6) is 5.75 Å². The van der Waals surface area contributed by atoms with Gasteiger partial charge in [0.05, 0.1) is 7.11 Å². The van der Waals surface area contributed by atoms with Gasteiger partial charge >= 0.3 is 0 Å². The van der Waals surface area contributed by atoms with Crippen LogP contribution < -0.4 is 15.8 Å². The summed E-state index contributed by atoms with van der Waals surface area (Å²) < 4.78 is 5.26. The fraction of sp³-hybridized carbons (Fsp3) is 0.632. The molecule has 3 N–H and O–H groups in total. The van der Waals surface area contributed by atoms with E-state index in [2.05, 4.69) is 17.4 Å². The standard InChI is InChI=1S/C19H30N2O2.ClH/c1-15(20)6-11-18(22)21-14-19(12-4-3-5-13-19)16-7-9-17(23-2)10-8-16;/h7-10,15H,3-6,11-14,20H2,1-2H3,(H,21,22);1H. The number of nitrogens with two attached hydrogens (primary N) is 1. The first-order valence-electron chi connectivity index (χ1n) is 8.72. The van der Waals surface area contributed by atoms with E-state index in [9.17, 15) is 4.79 Å². The van der Waals surface area contributed by atoms with E-state index in [0.29, 0.717) is 6.42 Å². The number of amides is 1. The maximum Gasteiger partial charge on any atom is 0.220 e. The molecule has 0 aromatic heterocycles. The smallest absolute Gasteiger partial charge is 0.220 e. The predicted octanol–water partition coefficient (Wildman–Crippen LogP) is 3.56. The second-order valence-electron chi connectivity index (χ2n) is 6.86. The van der Waals surface area contributed by atoms with Crippen molar-refractivity contribution < 1.29 is 9.53 Å². The highest BCUT2D eigenvalue weighted by atomic mass is 35.5. The topological polar surface area (TPSA) is 64.3 Å². The average Bonchev–Trinajstić information content (AvgIpc) is 2.59. The normalized spacial score (nSPS) is 17.5. The number of carbonyl (C=O) groups excluding carboxylic acids is 1. The van der Waals surface area contributed by atoms with Gasteiger partial charge in [0, 0.05) is 24.4 Å². The van der Waals surface area contributed by atoms with Gasteiger partial charge in [-0.15, -0.1) is 12.4 Å². The highest BCUT2D eigenvalue weighted by Gasteiger charge is 2.34. The van der Waals surface area contributed by atoms with Crippen molar-refractivity contribution in [2.45, 2.75) is 63.3 Å². The van der Waals surface area contributed by atoms with E-state index in [1.54, 1.807) is 7.11 Å². The van der Waals surface area contributed by atoms with E-state index in [4.69, 9.17) is 10.5 Å². The van der Waals surface area contributed by atoms with Crippen LogP contribution in [0.4, 0.5) is 0 Å². The Hall–Kier alpha value is -1.26. The number of hydrogen-bond acceptors (Lipinski definition) is 3. The summed E-state index contributed by atoms with van der Waals surface area (Å²) in [6.45, 7) is 2.66. The number of rotatable bonds is 7. The van der Waals surface area contributed by atoms with E-state index in [0.717, 1.165) is 31.6 Å². The third-order valence-corrected chi connectivity index (χ3v) is 4.96. The number of hydrogen-bond donors (Lipinski definition) is 2. The van der Waals surface area contributed by atoms with Crippen molar-refractivity contribution in [3.63, 3.8) is 0 Å². The molecule has 1 aliphatic carbocycles. The molecule has 1 aromatic carbocycles. The summed E-state index contributed by atoms with van der Waals surface area (Å²) in [4.78, 5) is 12.1. The lowest BCUT2D eigenvalue weighted by Crippen LogP contribution is -2.42. The van der Waals surface area contributed by atoms with Gasteiger partial charge in [0.1, 0.15) is 5.75 Å². The minimum absolute atomic E-state index is 0. The molecule has 1 atom stereocenters.